The third-order valence-electron chi connectivity index (χ3n) is 3.82. The first-order valence-corrected chi connectivity index (χ1v) is 7.80. The number of hydrogen-bond donors (Lipinski definition) is 1. The number of rotatable bonds is 7. The van der Waals surface area contributed by atoms with Gasteiger partial charge in [-0.05, 0) is 48.2 Å². The third-order valence-corrected chi connectivity index (χ3v) is 3.82. The topological polar surface area (TPSA) is 38.3 Å². The van der Waals surface area contributed by atoms with Crippen molar-refractivity contribution in [2.75, 3.05) is 7.11 Å². The van der Waals surface area contributed by atoms with Gasteiger partial charge < -0.3 is 10.1 Å². The summed E-state index contributed by atoms with van der Waals surface area (Å²) in [5.74, 6) is 0.534. The van der Waals surface area contributed by atoms with E-state index in [1.165, 1.54) is 12.1 Å². The maximum atomic E-state index is 12.9. The van der Waals surface area contributed by atoms with E-state index in [1.807, 2.05) is 31.2 Å². The van der Waals surface area contributed by atoms with E-state index in [2.05, 4.69) is 5.32 Å². The molecule has 122 valence electrons. The van der Waals surface area contributed by atoms with Crippen LogP contribution < -0.4 is 10.1 Å². The van der Waals surface area contributed by atoms with Crippen molar-refractivity contribution in [1.29, 1.82) is 0 Å². The lowest BCUT2D eigenvalue weighted by molar-refractivity contribution is -0.121. The molecule has 2 rings (SSSR count). The molecule has 0 fully saturated rings. The van der Waals surface area contributed by atoms with Gasteiger partial charge in [0.25, 0.3) is 0 Å². The summed E-state index contributed by atoms with van der Waals surface area (Å²) >= 11 is 0. The highest BCUT2D eigenvalue weighted by molar-refractivity contribution is 5.76. The minimum absolute atomic E-state index is 0.00278. The summed E-state index contributed by atoms with van der Waals surface area (Å²) < 4.78 is 18.0. The van der Waals surface area contributed by atoms with Crippen LogP contribution in [-0.4, -0.2) is 13.0 Å². The van der Waals surface area contributed by atoms with Crippen LogP contribution in [0.1, 0.15) is 36.9 Å². The van der Waals surface area contributed by atoms with E-state index in [1.54, 1.807) is 19.2 Å². The highest BCUT2D eigenvalue weighted by Gasteiger charge is 2.12. The van der Waals surface area contributed by atoms with Gasteiger partial charge in [-0.3, -0.25) is 4.79 Å². The normalized spacial score (nSPS) is 11.8. The van der Waals surface area contributed by atoms with Gasteiger partial charge in [-0.2, -0.15) is 0 Å². The molecule has 0 heterocycles. The maximum absolute atomic E-state index is 12.9. The van der Waals surface area contributed by atoms with Gasteiger partial charge in [-0.15, -0.1) is 0 Å². The Morgan fingerprint density at radius 2 is 1.78 bits per heavy atom. The van der Waals surface area contributed by atoms with E-state index >= 15 is 0 Å². The molecule has 23 heavy (non-hydrogen) atoms. The number of benzene rings is 2. The van der Waals surface area contributed by atoms with Gasteiger partial charge in [-0.1, -0.05) is 31.2 Å². The van der Waals surface area contributed by atoms with E-state index in [9.17, 15) is 9.18 Å². The van der Waals surface area contributed by atoms with Gasteiger partial charge in [0.15, 0.2) is 0 Å². The first-order chi connectivity index (χ1) is 11.1. The number of amides is 1. The fourth-order valence-corrected chi connectivity index (χ4v) is 2.43. The van der Waals surface area contributed by atoms with Crippen LogP contribution in [0, 0.1) is 5.82 Å². The van der Waals surface area contributed by atoms with Crippen LogP contribution in [0.25, 0.3) is 0 Å². The Kier molecular flexibility index (Phi) is 6.15. The summed E-state index contributed by atoms with van der Waals surface area (Å²) in [5, 5.41) is 3.05. The summed E-state index contributed by atoms with van der Waals surface area (Å²) in [6.07, 6.45) is 1.80. The van der Waals surface area contributed by atoms with E-state index in [-0.39, 0.29) is 17.8 Å². The monoisotopic (exact) mass is 315 g/mol. The van der Waals surface area contributed by atoms with Crippen molar-refractivity contribution in [3.63, 3.8) is 0 Å². The molecule has 0 saturated carbocycles. The van der Waals surface area contributed by atoms with Gasteiger partial charge in [0.05, 0.1) is 13.2 Å². The SMILES string of the molecule is CC[C@@H](NC(=O)CCc1ccc(F)cc1)c1ccc(OC)cc1. The summed E-state index contributed by atoms with van der Waals surface area (Å²) in [6.45, 7) is 2.04. The summed E-state index contributed by atoms with van der Waals surface area (Å²) in [5.41, 5.74) is 2.02. The lowest BCUT2D eigenvalue weighted by atomic mass is 10.0. The fourth-order valence-electron chi connectivity index (χ4n) is 2.43. The van der Waals surface area contributed by atoms with Crippen LogP contribution in [0.5, 0.6) is 5.75 Å². The number of halogens is 1. The zero-order valence-corrected chi connectivity index (χ0v) is 13.5. The lowest BCUT2D eigenvalue weighted by Crippen LogP contribution is -2.28. The van der Waals surface area contributed by atoms with E-state index in [0.717, 1.165) is 23.3 Å². The summed E-state index contributed by atoms with van der Waals surface area (Å²) in [7, 11) is 1.63. The molecule has 4 heteroatoms. The van der Waals surface area contributed by atoms with E-state index < -0.39 is 0 Å². The largest absolute Gasteiger partial charge is 0.497 e. The van der Waals surface area contributed by atoms with Crippen LogP contribution in [0.2, 0.25) is 0 Å². The highest BCUT2D eigenvalue weighted by atomic mass is 19.1. The highest BCUT2D eigenvalue weighted by Crippen LogP contribution is 2.20. The van der Waals surface area contributed by atoms with Crippen molar-refractivity contribution < 1.29 is 13.9 Å². The summed E-state index contributed by atoms with van der Waals surface area (Å²) in [4.78, 5) is 12.1. The second kappa shape index (κ2) is 8.32. The quantitative estimate of drug-likeness (QED) is 0.837. The molecule has 0 aromatic heterocycles. The molecule has 1 amide bonds. The van der Waals surface area contributed by atoms with Gasteiger partial charge in [0, 0.05) is 6.42 Å². The molecule has 0 spiro atoms. The molecule has 0 saturated heterocycles. The predicted octanol–water partition coefficient (Wildman–Crippen LogP) is 4.03. The molecular formula is C19H22FNO2. The van der Waals surface area contributed by atoms with Gasteiger partial charge >= 0.3 is 0 Å². The van der Waals surface area contributed by atoms with Crippen LogP contribution in [0.3, 0.4) is 0 Å². The van der Waals surface area contributed by atoms with E-state index in [4.69, 9.17) is 4.74 Å². The van der Waals surface area contributed by atoms with E-state index in [0.29, 0.717) is 12.8 Å². The van der Waals surface area contributed by atoms with Crippen LogP contribution in [0.15, 0.2) is 48.5 Å². The Balaban J connectivity index is 1.89. The maximum Gasteiger partial charge on any atom is 0.220 e. The second-order valence-electron chi connectivity index (χ2n) is 5.43. The number of ether oxygens (including phenoxy) is 1. The van der Waals surface area contributed by atoms with Crippen molar-refractivity contribution >= 4 is 5.91 Å². The minimum atomic E-state index is -0.260. The Hall–Kier alpha value is -2.36. The van der Waals surface area contributed by atoms with Crippen molar-refractivity contribution in [1.82, 2.24) is 5.32 Å². The van der Waals surface area contributed by atoms with Crippen molar-refractivity contribution in [2.24, 2.45) is 0 Å². The van der Waals surface area contributed by atoms with Crippen molar-refractivity contribution in [3.05, 3.63) is 65.5 Å². The number of methoxy groups -OCH3 is 1. The zero-order valence-electron chi connectivity index (χ0n) is 13.5. The Labute approximate surface area is 136 Å². The Morgan fingerprint density at radius 3 is 2.35 bits per heavy atom. The molecule has 1 atom stereocenters. The lowest BCUT2D eigenvalue weighted by Gasteiger charge is -2.18. The average Bonchev–Trinajstić information content (AvgIpc) is 2.59. The molecule has 0 unspecified atom stereocenters. The molecule has 2 aromatic carbocycles. The minimum Gasteiger partial charge on any atom is -0.497 e. The van der Waals surface area contributed by atoms with Crippen LogP contribution in [0.4, 0.5) is 4.39 Å². The molecule has 0 bridgehead atoms. The number of nitrogens with one attached hydrogen (secondary N) is 1. The van der Waals surface area contributed by atoms with Crippen molar-refractivity contribution in [2.45, 2.75) is 32.2 Å². The number of carbonyl (C=O) groups is 1. The molecule has 0 aliphatic heterocycles. The fraction of sp³-hybridized carbons (Fsp3) is 0.316. The standard InChI is InChI=1S/C19H22FNO2/c1-3-18(15-7-11-17(23-2)12-8-15)21-19(22)13-6-14-4-9-16(20)10-5-14/h4-5,7-12,18H,3,6,13H2,1-2H3,(H,21,22)/t18-/m1/s1. The summed E-state index contributed by atoms with van der Waals surface area (Å²) in [6, 6.07) is 14.0. The third kappa shape index (κ3) is 5.09. The smallest absolute Gasteiger partial charge is 0.220 e. The van der Waals surface area contributed by atoms with Gasteiger partial charge in [-0.25, -0.2) is 4.39 Å². The Bertz CT molecular complexity index is 623. The molecule has 2 aromatic rings. The average molecular weight is 315 g/mol. The number of aryl methyl sites for hydroxylation is 1. The van der Waals surface area contributed by atoms with Gasteiger partial charge in [0.1, 0.15) is 11.6 Å². The first kappa shape index (κ1) is 17.0. The van der Waals surface area contributed by atoms with Crippen molar-refractivity contribution in [3.8, 4) is 5.75 Å². The zero-order chi connectivity index (χ0) is 16.7. The molecule has 3 nitrogen and oxygen atoms in total. The number of hydrogen-bond acceptors (Lipinski definition) is 2. The molecular weight excluding hydrogens is 293 g/mol. The number of carbonyl (C=O) groups excluding carboxylic acids is 1. The molecule has 0 aliphatic carbocycles. The van der Waals surface area contributed by atoms with Crippen LogP contribution in [-0.2, 0) is 11.2 Å². The second-order valence-corrected chi connectivity index (χ2v) is 5.43. The Morgan fingerprint density at radius 1 is 1.13 bits per heavy atom. The molecule has 0 aliphatic rings. The molecule has 0 radical (unpaired) electrons. The van der Waals surface area contributed by atoms with Crippen LogP contribution >= 0.6 is 0 Å². The first-order valence-electron chi connectivity index (χ1n) is 7.80. The molecule has 1 N–H and O–H groups in total. The predicted molar refractivity (Wildman–Crippen MR) is 88.9 cm³/mol. The van der Waals surface area contributed by atoms with Gasteiger partial charge in [0.2, 0.25) is 5.91 Å².